The van der Waals surface area contributed by atoms with Gasteiger partial charge in [-0.05, 0) is 31.7 Å². The number of likely N-dealkylation sites (tertiary alicyclic amines) is 1. The number of rotatable bonds is 2. The van der Waals surface area contributed by atoms with E-state index in [1.165, 1.54) is 17.7 Å². The first-order valence-electron chi connectivity index (χ1n) is 8.19. The van der Waals surface area contributed by atoms with Crippen LogP contribution in [0.5, 0.6) is 0 Å². The predicted octanol–water partition coefficient (Wildman–Crippen LogP) is 1.78. The Bertz CT molecular complexity index is 714. The maximum absolute atomic E-state index is 14.2. The molecule has 0 radical (unpaired) electrons. The number of nitrogens with one attached hydrogen (secondary N) is 1. The molecular weight excluding hydrogens is 312 g/mol. The van der Waals surface area contributed by atoms with Crippen molar-refractivity contribution in [3.8, 4) is 0 Å². The van der Waals surface area contributed by atoms with Gasteiger partial charge in [-0.25, -0.2) is 8.78 Å². The fraction of sp³-hybridized carbons (Fsp3) is 0.471. The highest BCUT2D eigenvalue weighted by Gasteiger charge is 2.38. The molecule has 3 atom stereocenters. The quantitative estimate of drug-likeness (QED) is 0.879. The molecule has 2 aliphatic rings. The molecule has 1 fully saturated rings. The van der Waals surface area contributed by atoms with Gasteiger partial charge < -0.3 is 5.73 Å². The first kappa shape index (κ1) is 15.7. The van der Waals surface area contributed by atoms with Crippen LogP contribution in [0, 0.1) is 11.6 Å². The van der Waals surface area contributed by atoms with Crippen LogP contribution in [-0.2, 0) is 13.1 Å². The number of nitrogens with zero attached hydrogens (tertiary/aromatic N) is 3. The Hall–Kier alpha value is -1.83. The van der Waals surface area contributed by atoms with Gasteiger partial charge in [0.2, 0.25) is 0 Å². The van der Waals surface area contributed by atoms with Gasteiger partial charge in [0.05, 0.1) is 17.9 Å². The summed E-state index contributed by atoms with van der Waals surface area (Å²) in [6, 6.07) is 3.32. The Balaban J connectivity index is 1.52. The highest BCUT2D eigenvalue weighted by Crippen LogP contribution is 2.34. The Kier molecular flexibility index (Phi) is 3.86. The van der Waals surface area contributed by atoms with Gasteiger partial charge in [0.15, 0.2) is 0 Å². The number of H-pyrrole nitrogens is 1. The van der Waals surface area contributed by atoms with Crippen LogP contribution in [0.15, 0.2) is 24.4 Å². The minimum atomic E-state index is -0.431. The van der Waals surface area contributed by atoms with E-state index in [0.29, 0.717) is 11.6 Å². The van der Waals surface area contributed by atoms with Crippen molar-refractivity contribution in [2.24, 2.45) is 5.73 Å². The number of likely N-dealkylation sites (N-methyl/N-ethyl adjacent to an activating group) is 1. The van der Waals surface area contributed by atoms with Crippen molar-refractivity contribution in [3.05, 3.63) is 52.9 Å². The highest BCUT2D eigenvalue weighted by atomic mass is 19.1. The molecule has 0 spiro atoms. The lowest BCUT2D eigenvalue weighted by atomic mass is 9.88. The zero-order valence-corrected chi connectivity index (χ0v) is 13.5. The number of aromatic nitrogens is 2. The molecule has 128 valence electrons. The normalized spacial score (nSPS) is 28.2. The van der Waals surface area contributed by atoms with Gasteiger partial charge >= 0.3 is 0 Å². The molecule has 3 N–H and O–H groups in total. The molecule has 4 rings (SSSR count). The third kappa shape index (κ3) is 2.62. The summed E-state index contributed by atoms with van der Waals surface area (Å²) in [6.07, 6.45) is 2.62. The summed E-state index contributed by atoms with van der Waals surface area (Å²) >= 11 is 0. The number of halogens is 2. The molecule has 24 heavy (non-hydrogen) atoms. The number of hydrogen-bond donors (Lipinski definition) is 2. The standard InChI is InChI=1S/C17H21F2N5/c1-23-8-12(24-7-10-6-21-22-16(10)9-24)5-15(20)17(23)13-4-11(18)2-3-14(13)19/h2-4,6,12,15,17H,5,7-9,20H2,1H3,(H,21,22)/t12-,15+,17?/m1/s1. The fourth-order valence-corrected chi connectivity index (χ4v) is 4.11. The summed E-state index contributed by atoms with van der Waals surface area (Å²) in [5, 5.41) is 7.09. The van der Waals surface area contributed by atoms with E-state index in [9.17, 15) is 8.78 Å². The molecule has 0 amide bonds. The highest BCUT2D eigenvalue weighted by molar-refractivity contribution is 5.26. The summed E-state index contributed by atoms with van der Waals surface area (Å²) in [5.74, 6) is -0.830. The van der Waals surface area contributed by atoms with Crippen molar-refractivity contribution in [2.45, 2.75) is 37.6 Å². The lowest BCUT2D eigenvalue weighted by Gasteiger charge is -2.44. The van der Waals surface area contributed by atoms with Crippen LogP contribution >= 0.6 is 0 Å². The third-order valence-corrected chi connectivity index (χ3v) is 5.26. The van der Waals surface area contributed by atoms with Gasteiger partial charge in [-0.15, -0.1) is 0 Å². The van der Waals surface area contributed by atoms with E-state index in [1.54, 1.807) is 0 Å². The van der Waals surface area contributed by atoms with Crippen LogP contribution in [0.25, 0.3) is 0 Å². The van der Waals surface area contributed by atoms with Crippen LogP contribution in [0.3, 0.4) is 0 Å². The second kappa shape index (κ2) is 5.91. The van der Waals surface area contributed by atoms with Crippen LogP contribution in [0.4, 0.5) is 8.78 Å². The van der Waals surface area contributed by atoms with E-state index in [-0.39, 0.29) is 12.1 Å². The predicted molar refractivity (Wildman–Crippen MR) is 85.9 cm³/mol. The minimum Gasteiger partial charge on any atom is -0.326 e. The minimum absolute atomic E-state index is 0.248. The van der Waals surface area contributed by atoms with E-state index in [4.69, 9.17) is 5.73 Å². The zero-order chi connectivity index (χ0) is 16.8. The Morgan fingerprint density at radius 2 is 2.12 bits per heavy atom. The maximum Gasteiger partial charge on any atom is 0.128 e. The monoisotopic (exact) mass is 333 g/mol. The molecule has 3 heterocycles. The van der Waals surface area contributed by atoms with Gasteiger partial charge in [0, 0.05) is 42.8 Å². The van der Waals surface area contributed by atoms with E-state index in [1.807, 2.05) is 18.1 Å². The lowest BCUT2D eigenvalue weighted by molar-refractivity contribution is 0.0586. The molecule has 5 nitrogen and oxygen atoms in total. The fourth-order valence-electron chi connectivity index (χ4n) is 4.11. The summed E-state index contributed by atoms with van der Waals surface area (Å²) < 4.78 is 27.7. The lowest BCUT2D eigenvalue weighted by Crippen LogP contribution is -2.54. The molecular formula is C17H21F2N5. The molecule has 1 saturated heterocycles. The van der Waals surface area contributed by atoms with Gasteiger partial charge in [-0.1, -0.05) is 0 Å². The van der Waals surface area contributed by atoms with E-state index in [2.05, 4.69) is 15.1 Å². The largest absolute Gasteiger partial charge is 0.326 e. The summed E-state index contributed by atoms with van der Waals surface area (Å²) in [7, 11) is 1.93. The number of fused-ring (bicyclic) bond motifs is 1. The summed E-state index contributed by atoms with van der Waals surface area (Å²) in [4.78, 5) is 4.42. The van der Waals surface area contributed by atoms with Crippen molar-refractivity contribution < 1.29 is 8.78 Å². The molecule has 1 unspecified atom stereocenters. The SMILES string of the molecule is CN1C[C@H](N2Cc3cn[nH]c3C2)C[C@H](N)C1c1cc(F)ccc1F. The summed E-state index contributed by atoms with van der Waals surface area (Å²) in [5.41, 5.74) is 9.11. The van der Waals surface area contributed by atoms with Crippen LogP contribution in [0.2, 0.25) is 0 Å². The molecule has 0 saturated carbocycles. The molecule has 1 aromatic heterocycles. The molecule has 0 bridgehead atoms. The smallest absolute Gasteiger partial charge is 0.128 e. The molecule has 0 aliphatic carbocycles. The van der Waals surface area contributed by atoms with E-state index in [0.717, 1.165) is 37.8 Å². The Morgan fingerprint density at radius 1 is 1.29 bits per heavy atom. The molecule has 1 aromatic carbocycles. The van der Waals surface area contributed by atoms with E-state index < -0.39 is 11.6 Å². The molecule has 2 aliphatic heterocycles. The van der Waals surface area contributed by atoms with Crippen LogP contribution in [-0.4, -0.2) is 45.7 Å². The average Bonchev–Trinajstić information content (AvgIpc) is 3.11. The van der Waals surface area contributed by atoms with Crippen molar-refractivity contribution in [2.75, 3.05) is 13.6 Å². The van der Waals surface area contributed by atoms with Crippen molar-refractivity contribution in [1.29, 1.82) is 0 Å². The Morgan fingerprint density at radius 3 is 2.88 bits per heavy atom. The van der Waals surface area contributed by atoms with Gasteiger partial charge in [0.25, 0.3) is 0 Å². The van der Waals surface area contributed by atoms with Gasteiger partial charge in [-0.2, -0.15) is 5.10 Å². The first-order chi connectivity index (χ1) is 11.5. The van der Waals surface area contributed by atoms with Gasteiger partial charge in [-0.3, -0.25) is 14.9 Å². The van der Waals surface area contributed by atoms with Crippen molar-refractivity contribution >= 4 is 0 Å². The third-order valence-electron chi connectivity index (χ3n) is 5.26. The van der Waals surface area contributed by atoms with Gasteiger partial charge in [0.1, 0.15) is 11.6 Å². The van der Waals surface area contributed by atoms with Crippen molar-refractivity contribution in [3.63, 3.8) is 0 Å². The number of aromatic amines is 1. The number of nitrogens with two attached hydrogens (primary N) is 1. The maximum atomic E-state index is 14.2. The van der Waals surface area contributed by atoms with E-state index >= 15 is 0 Å². The number of hydrogen-bond acceptors (Lipinski definition) is 4. The average molecular weight is 333 g/mol. The van der Waals surface area contributed by atoms with Crippen LogP contribution in [0.1, 0.15) is 29.3 Å². The van der Waals surface area contributed by atoms with Crippen LogP contribution < -0.4 is 5.73 Å². The summed E-state index contributed by atoms with van der Waals surface area (Å²) in [6.45, 7) is 2.46. The Labute approximate surface area is 139 Å². The number of benzene rings is 1. The molecule has 2 aromatic rings. The first-order valence-corrected chi connectivity index (χ1v) is 8.19. The second-order valence-electron chi connectivity index (χ2n) is 6.88. The number of piperidine rings is 1. The topological polar surface area (TPSA) is 61.2 Å². The zero-order valence-electron chi connectivity index (χ0n) is 13.5. The second-order valence-corrected chi connectivity index (χ2v) is 6.88. The van der Waals surface area contributed by atoms with Crippen molar-refractivity contribution in [1.82, 2.24) is 20.0 Å². The molecule has 7 heteroatoms.